The average Bonchev–Trinajstić information content (AvgIpc) is 3.92. The maximum absolute atomic E-state index is 13.5. The summed E-state index contributed by atoms with van der Waals surface area (Å²) in [6.07, 6.45) is 2.29. The van der Waals surface area contributed by atoms with Crippen LogP contribution in [-0.4, -0.2) is 105 Å². The molecule has 298 valence electrons. The molecule has 1 amide bonds. The maximum atomic E-state index is 13.5. The fourth-order valence-electron chi connectivity index (χ4n) is 9.14. The molecule has 5 aliphatic rings. The highest BCUT2D eigenvalue weighted by Gasteiger charge is 2.53. The van der Waals surface area contributed by atoms with Gasteiger partial charge in [0.05, 0.1) is 12.0 Å². The van der Waals surface area contributed by atoms with Crippen LogP contribution in [-0.2, 0) is 27.4 Å². The van der Waals surface area contributed by atoms with Gasteiger partial charge in [0.1, 0.15) is 72.2 Å². The fourth-order valence-corrected chi connectivity index (χ4v) is 9.14. The van der Waals surface area contributed by atoms with Gasteiger partial charge in [-0.3, -0.25) is 19.5 Å². The third-order valence-corrected chi connectivity index (χ3v) is 12.2. The highest BCUT2D eigenvalue weighted by Crippen LogP contribution is 2.50. The first-order chi connectivity index (χ1) is 26.9. The molecule has 8 N–H and O–H groups in total. The Morgan fingerprint density at radius 3 is 2.66 bits per heavy atom. The molecule has 9 atom stereocenters. The van der Waals surface area contributed by atoms with Crippen LogP contribution < -0.4 is 20.4 Å². The maximum Gasteiger partial charge on any atom is 0.222 e. The number of hydrogen-bond acceptors (Lipinski definition) is 13. The molecule has 4 aliphatic heterocycles. The van der Waals surface area contributed by atoms with Crippen LogP contribution in [0.15, 0.2) is 74.1 Å². The van der Waals surface area contributed by atoms with Gasteiger partial charge in [-0.05, 0) is 74.3 Å². The lowest BCUT2D eigenvalue weighted by molar-refractivity contribution is -0.763. The first kappa shape index (κ1) is 38.4. The van der Waals surface area contributed by atoms with E-state index >= 15 is 0 Å². The van der Waals surface area contributed by atoms with Gasteiger partial charge >= 0.3 is 0 Å². The summed E-state index contributed by atoms with van der Waals surface area (Å²) in [5.41, 5.74) is 0.698. The number of allylic oxidation sites excluding steroid dienone is 1. The third-order valence-electron chi connectivity index (χ3n) is 12.2. The molecule has 8 rings (SSSR count). The lowest BCUT2D eigenvalue weighted by Crippen LogP contribution is -3.01. The Morgan fingerprint density at radius 2 is 1.93 bits per heavy atom. The number of quaternary nitrogens is 1. The Balaban J connectivity index is 1.16. The largest absolute Gasteiger partial charge is 0.508 e. The van der Waals surface area contributed by atoms with Crippen molar-refractivity contribution >= 4 is 28.8 Å². The van der Waals surface area contributed by atoms with E-state index in [2.05, 4.69) is 10.3 Å². The first-order valence-corrected chi connectivity index (χ1v) is 19.2. The molecule has 15 nitrogen and oxygen atoms in total. The predicted octanol–water partition coefficient (Wildman–Crippen LogP) is 0.555. The van der Waals surface area contributed by atoms with E-state index in [0.29, 0.717) is 71.6 Å². The summed E-state index contributed by atoms with van der Waals surface area (Å²) in [4.78, 5) is 43.4. The van der Waals surface area contributed by atoms with E-state index in [1.54, 1.807) is 19.2 Å². The smallest absolute Gasteiger partial charge is 0.222 e. The number of aliphatic hydroxyl groups excluding tert-OH is 4. The number of aliphatic imine (C=N–C) groups is 1. The fraction of sp³-hybridized carbons (Fsp3) is 0.488. The molecule has 1 saturated carbocycles. The highest BCUT2D eigenvalue weighted by atomic mass is 17.2. The number of rotatable bonds is 12. The van der Waals surface area contributed by atoms with Crippen molar-refractivity contribution in [3.05, 3.63) is 87.1 Å². The van der Waals surface area contributed by atoms with Gasteiger partial charge in [0.15, 0.2) is 11.2 Å². The summed E-state index contributed by atoms with van der Waals surface area (Å²) in [5.74, 6) is 1.22. The summed E-state index contributed by atoms with van der Waals surface area (Å²) < 4.78 is 13.6. The van der Waals surface area contributed by atoms with Gasteiger partial charge in [-0.15, -0.1) is 0 Å². The van der Waals surface area contributed by atoms with Gasteiger partial charge < -0.3 is 45.1 Å². The van der Waals surface area contributed by atoms with E-state index in [1.165, 1.54) is 30.3 Å². The summed E-state index contributed by atoms with van der Waals surface area (Å²) >= 11 is 0. The lowest BCUT2D eigenvalue weighted by atomic mass is 9.68. The minimum absolute atomic E-state index is 0.00739. The van der Waals surface area contributed by atoms with Crippen LogP contribution >= 0.6 is 0 Å². The molecule has 2 aromatic carbocycles. The molecule has 5 heterocycles. The lowest BCUT2D eigenvalue weighted by Gasteiger charge is -2.49. The number of carbonyl (C=O) groups is 1. The van der Waals surface area contributed by atoms with E-state index in [0.717, 1.165) is 29.0 Å². The second kappa shape index (κ2) is 15.1. The molecule has 15 heteroatoms. The molecular weight excluding hydrogens is 726 g/mol. The van der Waals surface area contributed by atoms with Crippen molar-refractivity contribution in [2.24, 2.45) is 16.8 Å². The number of nitrogens with one attached hydrogen (secondary N) is 2. The molecule has 1 aliphatic carbocycles. The quantitative estimate of drug-likeness (QED) is 0.0934. The summed E-state index contributed by atoms with van der Waals surface area (Å²) in [5, 5.41) is 66.6. The molecule has 1 aromatic heterocycles. The van der Waals surface area contributed by atoms with Gasteiger partial charge in [-0.2, -0.15) is 0 Å². The minimum Gasteiger partial charge on any atom is -0.508 e. The van der Waals surface area contributed by atoms with Crippen LogP contribution in [0.3, 0.4) is 0 Å². The number of nitrogens with zero attached hydrogens (tertiary/aromatic N) is 1. The van der Waals surface area contributed by atoms with Crippen LogP contribution in [0.5, 0.6) is 11.5 Å². The van der Waals surface area contributed by atoms with Gasteiger partial charge in [0, 0.05) is 49.2 Å². The zero-order chi connectivity index (χ0) is 39.4. The molecular formula is C41H48N3O12+. The van der Waals surface area contributed by atoms with Crippen LogP contribution in [0.25, 0.3) is 11.0 Å². The summed E-state index contributed by atoms with van der Waals surface area (Å²) in [6.45, 7) is 1.31. The Hall–Kier alpha value is -4.45. The molecule has 0 radical (unpaired) electrons. The average molecular weight is 775 g/mol. The third kappa shape index (κ3) is 7.18. The number of aliphatic hydroxyl groups is 5. The van der Waals surface area contributed by atoms with E-state index in [4.69, 9.17) is 18.9 Å². The monoisotopic (exact) mass is 774 g/mol. The van der Waals surface area contributed by atoms with Gasteiger partial charge in [-0.1, -0.05) is 12.1 Å². The number of phenolic OH excluding ortho intramolecular Hbond substituents is 1. The normalized spacial score (nSPS) is 28.2. The van der Waals surface area contributed by atoms with Crippen molar-refractivity contribution in [2.45, 2.75) is 87.5 Å². The first-order valence-electron chi connectivity index (χ1n) is 19.2. The standard InChI is InChI=1S/C41H47N3O12/c1-22-11-31(47)29-12-26-13-33(56-53-21-40(52,39(51)36(50)32(48)20-45)15-23-4-6-28(46)7-5-23)41(9-2-3-24(16-41)27-14-34(49)43-17-27)55-37(26)35(38(29)54-22)44-18-25-8-10-42-30(25)19-44/h4-8,10-12,19,24,27,32-33,36,39,45-46,48,50-52H,2-3,9,13-18,20-21H2,1H3,(H,43,49)/p+1/t24-,27-,32+,33+,36+,39-,40-,41+/m0/s1. The van der Waals surface area contributed by atoms with E-state index in [1.807, 2.05) is 12.3 Å². The molecule has 1 spiro atoms. The predicted molar refractivity (Wildman–Crippen MR) is 200 cm³/mol. The van der Waals surface area contributed by atoms with Gasteiger partial charge in [0.2, 0.25) is 17.2 Å². The summed E-state index contributed by atoms with van der Waals surface area (Å²) in [6, 6.07) is 9.09. The van der Waals surface area contributed by atoms with Crippen molar-refractivity contribution in [3.8, 4) is 11.5 Å². The minimum atomic E-state index is -2.25. The van der Waals surface area contributed by atoms with Crippen LogP contribution in [0.4, 0.5) is 5.69 Å². The zero-order valence-electron chi connectivity index (χ0n) is 31.0. The Kier molecular flexibility index (Phi) is 10.4. The molecule has 1 unspecified atom stereocenters. The second-order valence-corrected chi connectivity index (χ2v) is 16.0. The number of benzene rings is 2. The van der Waals surface area contributed by atoms with Crippen molar-refractivity contribution in [2.75, 3.05) is 26.3 Å². The molecule has 0 bridgehead atoms. The van der Waals surface area contributed by atoms with E-state index < -0.39 is 48.8 Å². The number of aryl methyl sites for hydroxylation is 1. The summed E-state index contributed by atoms with van der Waals surface area (Å²) in [7, 11) is 0. The van der Waals surface area contributed by atoms with Crippen molar-refractivity contribution < 1.29 is 59.3 Å². The highest BCUT2D eigenvalue weighted by molar-refractivity contribution is 5.90. The molecule has 1 saturated heterocycles. The van der Waals surface area contributed by atoms with Crippen LogP contribution in [0.1, 0.15) is 49.0 Å². The number of hydrogen-bond donors (Lipinski definition) is 8. The molecule has 3 aromatic rings. The zero-order valence-corrected chi connectivity index (χ0v) is 31.0. The Bertz CT molecular complexity index is 2150. The molecule has 56 heavy (non-hydrogen) atoms. The van der Waals surface area contributed by atoms with E-state index in [9.17, 15) is 40.2 Å². The number of phenols is 1. The van der Waals surface area contributed by atoms with Gasteiger partial charge in [0.25, 0.3) is 0 Å². The topological polar surface area (TPSA) is 225 Å². The van der Waals surface area contributed by atoms with Crippen molar-refractivity contribution in [1.29, 1.82) is 0 Å². The number of fused-ring (bicyclic) bond motifs is 3. The number of carbonyl (C=O) groups excluding carboxylic acids is 1. The number of aromatic hydroxyl groups is 1. The number of ether oxygens (including phenoxy) is 1. The molecule has 2 fully saturated rings. The van der Waals surface area contributed by atoms with Crippen LogP contribution in [0, 0.1) is 18.8 Å². The van der Waals surface area contributed by atoms with Crippen molar-refractivity contribution in [1.82, 2.24) is 5.32 Å². The second-order valence-electron chi connectivity index (χ2n) is 16.0. The van der Waals surface area contributed by atoms with Crippen LogP contribution in [0.2, 0.25) is 0 Å². The Morgan fingerprint density at radius 1 is 1.12 bits per heavy atom. The van der Waals surface area contributed by atoms with Gasteiger partial charge in [-0.25, -0.2) is 9.78 Å². The Labute approximate surface area is 322 Å². The SMILES string of the molecule is Cc1cc(=O)c2cc3c(c([NH+]4C=C5N=CC=C5C4)c2o1)O[C@@]1(CCC[C@H]([C@@H]2CNC(=O)C2)C1)[C@H](OOC[C@@](O)(Cc1ccc(O)cc1)[C@@H](O)[C@H](O)[C@H](O)CO)C3. The van der Waals surface area contributed by atoms with E-state index in [-0.39, 0.29) is 41.8 Å². The van der Waals surface area contributed by atoms with Crippen molar-refractivity contribution in [3.63, 3.8) is 0 Å². The number of amides is 1.